The monoisotopic (exact) mass is 498 g/mol. The number of amides is 2. The van der Waals surface area contributed by atoms with Gasteiger partial charge in [-0.25, -0.2) is 0 Å². The van der Waals surface area contributed by atoms with Crippen molar-refractivity contribution in [2.75, 3.05) is 6.54 Å². The van der Waals surface area contributed by atoms with Crippen molar-refractivity contribution in [3.63, 3.8) is 0 Å². The number of hydrogen-bond acceptors (Lipinski definition) is 4. The molecule has 6 nitrogen and oxygen atoms in total. The lowest BCUT2D eigenvalue weighted by atomic mass is 9.92. The molecule has 3 aromatic carbocycles. The summed E-state index contributed by atoms with van der Waals surface area (Å²) in [7, 11) is 0. The van der Waals surface area contributed by atoms with Crippen molar-refractivity contribution in [3.05, 3.63) is 77.9 Å². The quantitative estimate of drug-likeness (QED) is 0.288. The molecule has 6 heteroatoms. The Morgan fingerprint density at radius 1 is 0.784 bits per heavy atom. The first kappa shape index (κ1) is 25.0. The molecular weight excluding hydrogens is 464 g/mol. The Kier molecular flexibility index (Phi) is 7.83. The molecule has 0 heterocycles. The van der Waals surface area contributed by atoms with E-state index in [9.17, 15) is 14.4 Å². The van der Waals surface area contributed by atoms with Crippen LogP contribution in [0.5, 0.6) is 5.75 Å². The summed E-state index contributed by atoms with van der Waals surface area (Å²) in [5, 5.41) is 8.21. The Bertz CT molecular complexity index is 1260. The molecule has 2 amide bonds. The fraction of sp³-hybridized carbons (Fsp3) is 0.387. The molecule has 3 aromatic rings. The van der Waals surface area contributed by atoms with E-state index >= 15 is 0 Å². The Hall–Kier alpha value is -3.67. The normalized spacial score (nSPS) is 19.2. The number of fused-ring (bicyclic) bond motifs is 1. The van der Waals surface area contributed by atoms with Gasteiger partial charge in [-0.1, -0.05) is 30.3 Å². The average Bonchev–Trinajstić information content (AvgIpc) is 3.78. The summed E-state index contributed by atoms with van der Waals surface area (Å²) >= 11 is 0. The molecule has 192 valence electrons. The zero-order valence-electron chi connectivity index (χ0n) is 21.1. The standard InChI is InChI=1S/C31H34N2O4/c34-29(6-3-19-32-30(35)25-10-7-21-4-1-2-5-24(21)20-25)22-11-15-27(16-12-22)37-28-17-13-26(14-18-28)33-31(36)23-8-9-23/h1-2,4-5,7,10-12,15-16,20,23,26,28H,3,6,8-9,13-14,17-19H2,(H,32,35)(H,33,36). The van der Waals surface area contributed by atoms with Gasteiger partial charge < -0.3 is 15.4 Å². The molecule has 0 spiro atoms. The van der Waals surface area contributed by atoms with Crippen LogP contribution in [0.15, 0.2) is 66.7 Å². The molecule has 0 saturated heterocycles. The van der Waals surface area contributed by atoms with Gasteiger partial charge in [0.15, 0.2) is 5.78 Å². The van der Waals surface area contributed by atoms with E-state index in [1.807, 2.05) is 66.7 Å². The number of benzene rings is 3. The van der Waals surface area contributed by atoms with E-state index in [-0.39, 0.29) is 35.7 Å². The molecule has 2 N–H and O–H groups in total. The van der Waals surface area contributed by atoms with Crippen molar-refractivity contribution >= 4 is 28.4 Å². The van der Waals surface area contributed by atoms with Crippen LogP contribution < -0.4 is 15.4 Å². The fourth-order valence-corrected chi connectivity index (χ4v) is 4.93. The molecule has 2 aliphatic carbocycles. The van der Waals surface area contributed by atoms with Crippen LogP contribution in [0, 0.1) is 5.92 Å². The maximum Gasteiger partial charge on any atom is 0.251 e. The van der Waals surface area contributed by atoms with Gasteiger partial charge in [-0.2, -0.15) is 0 Å². The van der Waals surface area contributed by atoms with Gasteiger partial charge in [0.25, 0.3) is 5.91 Å². The van der Waals surface area contributed by atoms with Crippen molar-refractivity contribution < 1.29 is 19.1 Å². The summed E-state index contributed by atoms with van der Waals surface area (Å²) in [5.41, 5.74) is 1.27. The van der Waals surface area contributed by atoms with Crippen molar-refractivity contribution in [1.29, 1.82) is 0 Å². The van der Waals surface area contributed by atoms with Gasteiger partial charge in [0, 0.05) is 36.1 Å². The van der Waals surface area contributed by atoms with Crippen molar-refractivity contribution in [3.8, 4) is 5.75 Å². The highest BCUT2D eigenvalue weighted by Gasteiger charge is 2.32. The number of ketones is 1. The van der Waals surface area contributed by atoms with E-state index < -0.39 is 0 Å². The Morgan fingerprint density at radius 3 is 2.22 bits per heavy atom. The average molecular weight is 499 g/mol. The SMILES string of the molecule is O=C(CCCNC(=O)c1ccc2ccccc2c1)c1ccc(OC2CCC(NC(=O)C3CC3)CC2)cc1. The minimum absolute atomic E-state index is 0.0541. The number of Topliss-reactive ketones (excluding diaryl/α,β-unsaturated/α-hetero) is 1. The predicted octanol–water partition coefficient (Wildman–Crippen LogP) is 5.45. The molecule has 0 aliphatic heterocycles. The minimum Gasteiger partial charge on any atom is -0.490 e. The summed E-state index contributed by atoms with van der Waals surface area (Å²) in [6, 6.07) is 21.2. The second kappa shape index (κ2) is 11.6. The number of nitrogens with one attached hydrogen (secondary N) is 2. The molecule has 37 heavy (non-hydrogen) atoms. The molecule has 0 radical (unpaired) electrons. The molecule has 5 rings (SSSR count). The maximum atomic E-state index is 12.6. The molecule has 2 fully saturated rings. The number of rotatable bonds is 10. The van der Waals surface area contributed by atoms with Crippen LogP contribution in [-0.4, -0.2) is 36.3 Å². The fourth-order valence-electron chi connectivity index (χ4n) is 4.93. The summed E-state index contributed by atoms with van der Waals surface area (Å²) in [4.78, 5) is 37.0. The van der Waals surface area contributed by atoms with Crippen LogP contribution in [0.4, 0.5) is 0 Å². The van der Waals surface area contributed by atoms with E-state index in [0.717, 1.165) is 55.0 Å². The van der Waals surface area contributed by atoms with Crippen LogP contribution in [0.3, 0.4) is 0 Å². The zero-order chi connectivity index (χ0) is 25.6. The first-order chi connectivity index (χ1) is 18.0. The molecule has 2 aliphatic rings. The van der Waals surface area contributed by atoms with Crippen molar-refractivity contribution in [2.24, 2.45) is 5.92 Å². The smallest absolute Gasteiger partial charge is 0.251 e. The largest absolute Gasteiger partial charge is 0.490 e. The van der Waals surface area contributed by atoms with E-state index in [0.29, 0.717) is 30.5 Å². The lowest BCUT2D eigenvalue weighted by Crippen LogP contribution is -2.40. The number of carbonyl (C=O) groups excluding carboxylic acids is 3. The van der Waals surface area contributed by atoms with E-state index in [2.05, 4.69) is 10.6 Å². The number of ether oxygens (including phenoxy) is 1. The second-order valence-corrected chi connectivity index (χ2v) is 10.2. The molecule has 0 unspecified atom stereocenters. The maximum absolute atomic E-state index is 12.6. The van der Waals surface area contributed by atoms with Gasteiger partial charge in [0.05, 0.1) is 6.10 Å². The van der Waals surface area contributed by atoms with Crippen LogP contribution in [-0.2, 0) is 4.79 Å². The lowest BCUT2D eigenvalue weighted by molar-refractivity contribution is -0.123. The Morgan fingerprint density at radius 2 is 1.49 bits per heavy atom. The molecule has 0 atom stereocenters. The Labute approximate surface area is 217 Å². The third-order valence-electron chi connectivity index (χ3n) is 7.33. The third kappa shape index (κ3) is 6.76. The summed E-state index contributed by atoms with van der Waals surface area (Å²) in [6.07, 6.45) is 6.88. The number of carbonyl (C=O) groups is 3. The first-order valence-electron chi connectivity index (χ1n) is 13.4. The topological polar surface area (TPSA) is 84.5 Å². The summed E-state index contributed by atoms with van der Waals surface area (Å²) in [5.74, 6) is 1.17. The highest BCUT2D eigenvalue weighted by molar-refractivity contribution is 5.99. The van der Waals surface area contributed by atoms with Gasteiger partial charge in [-0.3, -0.25) is 14.4 Å². The highest BCUT2D eigenvalue weighted by Crippen LogP contribution is 2.30. The van der Waals surface area contributed by atoms with Gasteiger partial charge in [0.2, 0.25) is 5.91 Å². The van der Waals surface area contributed by atoms with Crippen LogP contribution in [0.2, 0.25) is 0 Å². The van der Waals surface area contributed by atoms with Crippen molar-refractivity contribution in [1.82, 2.24) is 10.6 Å². The molecule has 0 bridgehead atoms. The van der Waals surface area contributed by atoms with Crippen LogP contribution in [0.1, 0.15) is 72.1 Å². The van der Waals surface area contributed by atoms with Crippen LogP contribution >= 0.6 is 0 Å². The van der Waals surface area contributed by atoms with E-state index in [4.69, 9.17) is 4.74 Å². The van der Waals surface area contributed by atoms with Crippen LogP contribution in [0.25, 0.3) is 10.8 Å². The lowest BCUT2D eigenvalue weighted by Gasteiger charge is -2.29. The highest BCUT2D eigenvalue weighted by atomic mass is 16.5. The van der Waals surface area contributed by atoms with Gasteiger partial charge in [0.1, 0.15) is 5.75 Å². The summed E-state index contributed by atoms with van der Waals surface area (Å²) < 4.78 is 6.13. The predicted molar refractivity (Wildman–Crippen MR) is 144 cm³/mol. The van der Waals surface area contributed by atoms with Gasteiger partial charge >= 0.3 is 0 Å². The molecule has 0 aromatic heterocycles. The summed E-state index contributed by atoms with van der Waals surface area (Å²) in [6.45, 7) is 0.447. The first-order valence-corrected chi connectivity index (χ1v) is 13.4. The van der Waals surface area contributed by atoms with E-state index in [1.54, 1.807) is 0 Å². The third-order valence-corrected chi connectivity index (χ3v) is 7.33. The second-order valence-electron chi connectivity index (χ2n) is 10.2. The van der Waals surface area contributed by atoms with E-state index in [1.165, 1.54) is 0 Å². The van der Waals surface area contributed by atoms with Gasteiger partial charge in [-0.05, 0) is 92.1 Å². The van der Waals surface area contributed by atoms with Crippen molar-refractivity contribution in [2.45, 2.75) is 63.5 Å². The molecule has 2 saturated carbocycles. The number of hydrogen-bond donors (Lipinski definition) is 2. The minimum atomic E-state index is -0.126. The molecular formula is C31H34N2O4. The Balaban J connectivity index is 1.01. The zero-order valence-corrected chi connectivity index (χ0v) is 21.1. The van der Waals surface area contributed by atoms with Gasteiger partial charge in [-0.15, -0.1) is 0 Å².